The molecule has 3 rings (SSSR count). The largest absolute Gasteiger partial charge is 0.456 e. The Bertz CT molecular complexity index is 1100. The van der Waals surface area contributed by atoms with E-state index in [0.717, 1.165) is 0 Å². The van der Waals surface area contributed by atoms with Crippen LogP contribution < -0.4 is 10.1 Å². The number of hydrogen-bond donors (Lipinski definition) is 1. The first-order valence-electron chi connectivity index (χ1n) is 8.56. The fourth-order valence-electron chi connectivity index (χ4n) is 2.54. The van der Waals surface area contributed by atoms with Crippen molar-refractivity contribution >= 4 is 33.0 Å². The summed E-state index contributed by atoms with van der Waals surface area (Å²) in [7, 11) is -3.50. The third kappa shape index (κ3) is 4.52. The number of anilines is 1. The number of ether oxygens (including phenoxy) is 1. The number of nitrogens with one attached hydrogen (secondary N) is 1. The van der Waals surface area contributed by atoms with Crippen LogP contribution in [0.25, 0.3) is 0 Å². The van der Waals surface area contributed by atoms with E-state index in [1.54, 1.807) is 55.5 Å². The second-order valence-corrected chi connectivity index (χ2v) is 8.56. The van der Waals surface area contributed by atoms with E-state index >= 15 is 0 Å². The predicted octanol–water partition coefficient (Wildman–Crippen LogP) is 5.18. The average Bonchev–Trinajstić information content (AvgIpc) is 2.71. The molecule has 0 aliphatic carbocycles. The second kappa shape index (κ2) is 8.46. The van der Waals surface area contributed by atoms with Crippen LogP contribution in [0.5, 0.6) is 11.5 Å². The molecule has 0 bridgehead atoms. The number of carbonyl (C=O) groups excluding carboxylic acids is 1. The Balaban J connectivity index is 1.77. The molecule has 3 aromatic rings. The Morgan fingerprint density at radius 3 is 2.29 bits per heavy atom. The first-order valence-corrected chi connectivity index (χ1v) is 10.6. The highest BCUT2D eigenvalue weighted by atomic mass is 35.5. The van der Waals surface area contributed by atoms with Crippen molar-refractivity contribution in [3.8, 4) is 11.5 Å². The van der Waals surface area contributed by atoms with E-state index in [-0.39, 0.29) is 16.2 Å². The zero-order valence-electron chi connectivity index (χ0n) is 15.1. The van der Waals surface area contributed by atoms with Gasteiger partial charge in [0.25, 0.3) is 5.91 Å². The number of halogens is 1. The summed E-state index contributed by atoms with van der Waals surface area (Å²) in [4.78, 5) is 12.6. The maximum absolute atomic E-state index is 12.6. The topological polar surface area (TPSA) is 72.5 Å². The second-order valence-electron chi connectivity index (χ2n) is 5.91. The molecule has 0 heterocycles. The summed E-state index contributed by atoms with van der Waals surface area (Å²) in [5.41, 5.74) is 0.626. The molecule has 144 valence electrons. The van der Waals surface area contributed by atoms with E-state index in [0.29, 0.717) is 22.2 Å². The highest BCUT2D eigenvalue weighted by Crippen LogP contribution is 2.29. The van der Waals surface area contributed by atoms with Gasteiger partial charge in [-0.25, -0.2) is 8.42 Å². The van der Waals surface area contributed by atoms with Crippen LogP contribution in [-0.4, -0.2) is 20.1 Å². The number of sulfone groups is 1. The molecule has 3 aromatic carbocycles. The van der Waals surface area contributed by atoms with Gasteiger partial charge in [0, 0.05) is 5.69 Å². The number of amides is 1. The van der Waals surface area contributed by atoms with Crippen LogP contribution in [0.3, 0.4) is 0 Å². The standard InChI is InChI=1S/C21H18ClNO4S/c1-2-28(25,26)20-10-6-3-7-17(20)21(24)23-15-11-13-16(14-12-15)27-19-9-5-4-8-18(19)22/h3-14H,2H2,1H3,(H,23,24). The summed E-state index contributed by atoms with van der Waals surface area (Å²) in [6, 6.07) is 20.0. The van der Waals surface area contributed by atoms with Gasteiger partial charge in [0.05, 0.1) is 21.2 Å². The fourth-order valence-corrected chi connectivity index (χ4v) is 3.81. The van der Waals surface area contributed by atoms with Crippen molar-refractivity contribution < 1.29 is 17.9 Å². The van der Waals surface area contributed by atoms with Crippen LogP contribution in [0.2, 0.25) is 5.02 Å². The van der Waals surface area contributed by atoms with Crippen LogP contribution in [0.1, 0.15) is 17.3 Å². The Kier molecular flexibility index (Phi) is 6.02. The molecular weight excluding hydrogens is 398 g/mol. The minimum absolute atomic E-state index is 0.0219. The minimum Gasteiger partial charge on any atom is -0.456 e. The van der Waals surface area contributed by atoms with E-state index in [1.165, 1.54) is 12.1 Å². The van der Waals surface area contributed by atoms with Crippen molar-refractivity contribution in [1.82, 2.24) is 0 Å². The zero-order chi connectivity index (χ0) is 20.1. The Morgan fingerprint density at radius 1 is 0.964 bits per heavy atom. The Hall–Kier alpha value is -2.83. The summed E-state index contributed by atoms with van der Waals surface area (Å²) < 4.78 is 30.1. The number of hydrogen-bond acceptors (Lipinski definition) is 4. The molecule has 0 radical (unpaired) electrons. The molecule has 1 N–H and O–H groups in total. The lowest BCUT2D eigenvalue weighted by molar-refractivity contribution is 0.102. The smallest absolute Gasteiger partial charge is 0.256 e. The van der Waals surface area contributed by atoms with Gasteiger partial charge in [0.1, 0.15) is 11.5 Å². The molecule has 1 amide bonds. The highest BCUT2D eigenvalue weighted by molar-refractivity contribution is 7.91. The van der Waals surface area contributed by atoms with E-state index in [2.05, 4.69) is 5.32 Å². The molecule has 0 saturated heterocycles. The molecule has 0 unspecified atom stereocenters. The van der Waals surface area contributed by atoms with Gasteiger partial charge in [-0.2, -0.15) is 0 Å². The molecule has 0 aliphatic heterocycles. The van der Waals surface area contributed by atoms with Crippen molar-refractivity contribution in [1.29, 1.82) is 0 Å². The lowest BCUT2D eigenvalue weighted by Crippen LogP contribution is -2.17. The zero-order valence-corrected chi connectivity index (χ0v) is 16.6. The van der Waals surface area contributed by atoms with Gasteiger partial charge >= 0.3 is 0 Å². The summed E-state index contributed by atoms with van der Waals surface area (Å²) in [6.45, 7) is 1.54. The van der Waals surface area contributed by atoms with Gasteiger partial charge in [-0.3, -0.25) is 4.79 Å². The monoisotopic (exact) mass is 415 g/mol. The lowest BCUT2D eigenvalue weighted by atomic mass is 10.2. The maximum atomic E-state index is 12.6. The van der Waals surface area contributed by atoms with Crippen LogP contribution in [-0.2, 0) is 9.84 Å². The summed E-state index contributed by atoms with van der Waals surface area (Å²) in [5, 5.41) is 3.21. The van der Waals surface area contributed by atoms with E-state index in [1.807, 2.05) is 12.1 Å². The first-order chi connectivity index (χ1) is 13.4. The normalized spacial score (nSPS) is 11.1. The first kappa shape index (κ1) is 19.9. The molecule has 0 saturated carbocycles. The molecule has 0 fully saturated rings. The van der Waals surface area contributed by atoms with Gasteiger partial charge in [0.15, 0.2) is 9.84 Å². The van der Waals surface area contributed by atoms with Crippen molar-refractivity contribution in [2.45, 2.75) is 11.8 Å². The van der Waals surface area contributed by atoms with Crippen LogP contribution in [0, 0.1) is 0 Å². The average molecular weight is 416 g/mol. The highest BCUT2D eigenvalue weighted by Gasteiger charge is 2.20. The molecule has 0 aromatic heterocycles. The molecule has 7 heteroatoms. The van der Waals surface area contributed by atoms with Gasteiger partial charge in [-0.05, 0) is 48.5 Å². The van der Waals surface area contributed by atoms with Gasteiger partial charge < -0.3 is 10.1 Å². The van der Waals surface area contributed by atoms with Gasteiger partial charge in [-0.1, -0.05) is 42.8 Å². The summed E-state index contributed by atoms with van der Waals surface area (Å²) in [5.74, 6) is 0.512. The Labute approximate surface area is 168 Å². The molecule has 28 heavy (non-hydrogen) atoms. The maximum Gasteiger partial charge on any atom is 0.256 e. The summed E-state index contributed by atoms with van der Waals surface area (Å²) in [6.07, 6.45) is 0. The van der Waals surface area contributed by atoms with Crippen LogP contribution in [0.4, 0.5) is 5.69 Å². The number of rotatable bonds is 6. The fraction of sp³-hybridized carbons (Fsp3) is 0.0952. The molecule has 5 nitrogen and oxygen atoms in total. The van der Waals surface area contributed by atoms with Crippen molar-refractivity contribution in [3.63, 3.8) is 0 Å². The SMILES string of the molecule is CCS(=O)(=O)c1ccccc1C(=O)Nc1ccc(Oc2ccccc2Cl)cc1. The van der Waals surface area contributed by atoms with Gasteiger partial charge in [0.2, 0.25) is 0 Å². The number of carbonyl (C=O) groups is 1. The van der Waals surface area contributed by atoms with E-state index in [4.69, 9.17) is 16.3 Å². The van der Waals surface area contributed by atoms with Crippen LogP contribution in [0.15, 0.2) is 77.7 Å². The molecular formula is C21H18ClNO4S. The van der Waals surface area contributed by atoms with E-state index in [9.17, 15) is 13.2 Å². The third-order valence-electron chi connectivity index (χ3n) is 4.02. The number of benzene rings is 3. The molecule has 0 atom stereocenters. The van der Waals surface area contributed by atoms with Crippen LogP contribution >= 0.6 is 11.6 Å². The van der Waals surface area contributed by atoms with Crippen molar-refractivity contribution in [2.75, 3.05) is 11.1 Å². The molecule has 0 aliphatic rings. The molecule has 0 spiro atoms. The van der Waals surface area contributed by atoms with Crippen molar-refractivity contribution in [2.24, 2.45) is 0 Å². The Morgan fingerprint density at radius 2 is 1.61 bits per heavy atom. The van der Waals surface area contributed by atoms with Gasteiger partial charge in [-0.15, -0.1) is 0 Å². The van der Waals surface area contributed by atoms with Crippen molar-refractivity contribution in [3.05, 3.63) is 83.4 Å². The number of para-hydroxylation sites is 1. The lowest BCUT2D eigenvalue weighted by Gasteiger charge is -2.11. The third-order valence-corrected chi connectivity index (χ3v) is 6.12. The predicted molar refractivity (Wildman–Crippen MR) is 110 cm³/mol. The summed E-state index contributed by atoms with van der Waals surface area (Å²) >= 11 is 6.07. The minimum atomic E-state index is -3.50. The quantitative estimate of drug-likeness (QED) is 0.602. The van der Waals surface area contributed by atoms with E-state index < -0.39 is 15.7 Å².